The summed E-state index contributed by atoms with van der Waals surface area (Å²) in [5, 5.41) is 0.807. The molecule has 2 aromatic carbocycles. The van der Waals surface area contributed by atoms with Crippen molar-refractivity contribution >= 4 is 29.0 Å². The fourth-order valence-electron chi connectivity index (χ4n) is 1.76. The van der Waals surface area contributed by atoms with Crippen molar-refractivity contribution in [1.29, 1.82) is 0 Å². The highest BCUT2D eigenvalue weighted by Crippen LogP contribution is 2.24. The summed E-state index contributed by atoms with van der Waals surface area (Å²) in [7, 11) is 0. The maximum atomic E-state index is 12.3. The third-order valence-corrected chi connectivity index (χ3v) is 3.41. The normalized spacial score (nSPS) is 10.7. The van der Waals surface area contributed by atoms with Gasteiger partial charge in [-0.1, -0.05) is 23.2 Å². The smallest absolute Gasteiger partial charge is 0.193 e. The minimum Gasteiger partial charge on any atom is -0.491 e. The van der Waals surface area contributed by atoms with Crippen LogP contribution in [-0.2, 0) is 0 Å². The lowest BCUT2D eigenvalue weighted by Crippen LogP contribution is -2.06. The van der Waals surface area contributed by atoms with Gasteiger partial charge in [0.2, 0.25) is 0 Å². The second-order valence-electron chi connectivity index (χ2n) is 4.65. The van der Waals surface area contributed by atoms with E-state index in [4.69, 9.17) is 27.9 Å². The Morgan fingerprint density at radius 2 is 1.55 bits per heavy atom. The van der Waals surface area contributed by atoms with Gasteiger partial charge in [0, 0.05) is 11.1 Å². The van der Waals surface area contributed by atoms with Gasteiger partial charge in [0.1, 0.15) is 5.75 Å². The summed E-state index contributed by atoms with van der Waals surface area (Å²) >= 11 is 11.8. The van der Waals surface area contributed by atoms with Crippen LogP contribution in [0.15, 0.2) is 42.5 Å². The Bertz CT molecular complexity index is 619. The molecule has 0 aromatic heterocycles. The highest BCUT2D eigenvalue weighted by atomic mass is 35.5. The number of carbonyl (C=O) groups excluding carboxylic acids is 1. The first-order valence-corrected chi connectivity index (χ1v) is 6.99. The predicted octanol–water partition coefficient (Wildman–Crippen LogP) is 5.01. The average Bonchev–Trinajstić information content (AvgIpc) is 2.41. The van der Waals surface area contributed by atoms with Crippen molar-refractivity contribution in [2.24, 2.45) is 0 Å². The number of hydrogen-bond donors (Lipinski definition) is 0. The molecule has 0 N–H and O–H groups in total. The molecule has 2 rings (SSSR count). The summed E-state index contributed by atoms with van der Waals surface area (Å²) in [5.41, 5.74) is 1.09. The van der Waals surface area contributed by atoms with E-state index < -0.39 is 0 Å². The molecule has 20 heavy (non-hydrogen) atoms. The van der Waals surface area contributed by atoms with Gasteiger partial charge in [-0.15, -0.1) is 0 Å². The lowest BCUT2D eigenvalue weighted by atomic mass is 10.0. The van der Waals surface area contributed by atoms with Gasteiger partial charge in [-0.25, -0.2) is 0 Å². The molecule has 2 aromatic rings. The molecular formula is C16H14Cl2O2. The fraction of sp³-hybridized carbons (Fsp3) is 0.188. The van der Waals surface area contributed by atoms with E-state index in [0.29, 0.717) is 21.2 Å². The van der Waals surface area contributed by atoms with Crippen molar-refractivity contribution < 1.29 is 9.53 Å². The minimum absolute atomic E-state index is 0.0975. The highest BCUT2D eigenvalue weighted by molar-refractivity contribution is 6.42. The van der Waals surface area contributed by atoms with Gasteiger partial charge in [0.05, 0.1) is 16.1 Å². The van der Waals surface area contributed by atoms with Crippen LogP contribution in [0, 0.1) is 0 Å². The van der Waals surface area contributed by atoms with E-state index in [1.165, 1.54) is 0 Å². The number of benzene rings is 2. The number of rotatable bonds is 4. The van der Waals surface area contributed by atoms with Crippen LogP contribution < -0.4 is 4.74 Å². The van der Waals surface area contributed by atoms with Gasteiger partial charge in [-0.3, -0.25) is 4.79 Å². The molecule has 0 atom stereocenters. The lowest BCUT2D eigenvalue weighted by molar-refractivity contribution is 0.103. The van der Waals surface area contributed by atoms with Crippen molar-refractivity contribution in [3.05, 3.63) is 63.6 Å². The quantitative estimate of drug-likeness (QED) is 0.742. The van der Waals surface area contributed by atoms with Gasteiger partial charge in [0.25, 0.3) is 0 Å². The van der Waals surface area contributed by atoms with E-state index in [0.717, 1.165) is 5.75 Å². The van der Waals surface area contributed by atoms with Gasteiger partial charge >= 0.3 is 0 Å². The molecule has 104 valence electrons. The zero-order chi connectivity index (χ0) is 14.7. The van der Waals surface area contributed by atoms with Crippen LogP contribution in [0.4, 0.5) is 0 Å². The molecular weight excluding hydrogens is 295 g/mol. The van der Waals surface area contributed by atoms with Crippen LogP contribution >= 0.6 is 23.2 Å². The Morgan fingerprint density at radius 1 is 0.950 bits per heavy atom. The van der Waals surface area contributed by atoms with E-state index in [-0.39, 0.29) is 11.9 Å². The zero-order valence-electron chi connectivity index (χ0n) is 11.2. The van der Waals surface area contributed by atoms with E-state index >= 15 is 0 Å². The maximum absolute atomic E-state index is 12.3. The molecule has 0 aliphatic heterocycles. The molecule has 0 aliphatic rings. The number of ketones is 1. The summed E-state index contributed by atoms with van der Waals surface area (Å²) in [6.45, 7) is 3.91. The summed E-state index contributed by atoms with van der Waals surface area (Å²) < 4.78 is 5.54. The van der Waals surface area contributed by atoms with E-state index in [1.54, 1.807) is 42.5 Å². The molecule has 0 heterocycles. The van der Waals surface area contributed by atoms with Crippen LogP contribution in [0.3, 0.4) is 0 Å². The van der Waals surface area contributed by atoms with Crippen LogP contribution in [0.1, 0.15) is 29.8 Å². The van der Waals surface area contributed by atoms with Crippen molar-refractivity contribution in [2.45, 2.75) is 20.0 Å². The third kappa shape index (κ3) is 3.53. The zero-order valence-corrected chi connectivity index (χ0v) is 12.7. The highest BCUT2D eigenvalue weighted by Gasteiger charge is 2.11. The van der Waals surface area contributed by atoms with Crippen molar-refractivity contribution in [3.63, 3.8) is 0 Å². The number of hydrogen-bond acceptors (Lipinski definition) is 2. The lowest BCUT2D eigenvalue weighted by Gasteiger charge is -2.10. The first kappa shape index (κ1) is 14.9. The van der Waals surface area contributed by atoms with Crippen molar-refractivity contribution in [2.75, 3.05) is 0 Å². The summed E-state index contributed by atoms with van der Waals surface area (Å²) in [4.78, 5) is 12.3. The summed E-state index contributed by atoms with van der Waals surface area (Å²) in [5.74, 6) is 0.644. The summed E-state index contributed by atoms with van der Waals surface area (Å²) in [6, 6.07) is 11.9. The molecule has 0 fully saturated rings. The second kappa shape index (κ2) is 6.29. The van der Waals surface area contributed by atoms with Gasteiger partial charge in [0.15, 0.2) is 5.78 Å². The molecule has 0 bridgehead atoms. The van der Waals surface area contributed by atoms with Gasteiger partial charge < -0.3 is 4.74 Å². The van der Waals surface area contributed by atoms with Crippen LogP contribution in [0.25, 0.3) is 0 Å². The van der Waals surface area contributed by atoms with Crippen LogP contribution in [0.2, 0.25) is 10.0 Å². The second-order valence-corrected chi connectivity index (χ2v) is 5.46. The van der Waals surface area contributed by atoms with E-state index in [2.05, 4.69) is 0 Å². The molecule has 0 unspecified atom stereocenters. The topological polar surface area (TPSA) is 26.3 Å². The molecule has 0 amide bonds. The number of carbonyl (C=O) groups is 1. The van der Waals surface area contributed by atoms with E-state index in [9.17, 15) is 4.79 Å². The molecule has 0 radical (unpaired) electrons. The van der Waals surface area contributed by atoms with Crippen molar-refractivity contribution in [1.82, 2.24) is 0 Å². The van der Waals surface area contributed by atoms with Gasteiger partial charge in [-0.2, -0.15) is 0 Å². The standard InChI is InChI=1S/C16H14Cl2O2/c1-10(2)20-13-6-3-11(4-7-13)16(19)12-5-8-14(17)15(18)9-12/h3-10H,1-2H3. The molecule has 0 saturated heterocycles. The molecule has 0 spiro atoms. The van der Waals surface area contributed by atoms with Crippen LogP contribution in [0.5, 0.6) is 5.75 Å². The molecule has 0 saturated carbocycles. The Labute approximate surface area is 128 Å². The summed E-state index contributed by atoms with van der Waals surface area (Å²) in [6.07, 6.45) is 0.103. The molecule has 0 aliphatic carbocycles. The van der Waals surface area contributed by atoms with Crippen LogP contribution in [-0.4, -0.2) is 11.9 Å². The molecule has 2 nitrogen and oxygen atoms in total. The first-order valence-electron chi connectivity index (χ1n) is 6.24. The van der Waals surface area contributed by atoms with E-state index in [1.807, 2.05) is 13.8 Å². The third-order valence-electron chi connectivity index (χ3n) is 2.67. The Balaban J connectivity index is 2.22. The average molecular weight is 309 g/mol. The Morgan fingerprint density at radius 3 is 2.10 bits per heavy atom. The molecule has 4 heteroatoms. The Kier molecular flexibility index (Phi) is 4.69. The first-order chi connectivity index (χ1) is 9.47. The SMILES string of the molecule is CC(C)Oc1ccc(C(=O)c2ccc(Cl)c(Cl)c2)cc1. The Hall–Kier alpha value is -1.51. The maximum Gasteiger partial charge on any atom is 0.193 e. The van der Waals surface area contributed by atoms with Crippen molar-refractivity contribution in [3.8, 4) is 5.75 Å². The number of halogens is 2. The van der Waals surface area contributed by atoms with Gasteiger partial charge in [-0.05, 0) is 56.3 Å². The predicted molar refractivity (Wildman–Crippen MR) is 82.1 cm³/mol. The number of ether oxygens (including phenoxy) is 1. The monoisotopic (exact) mass is 308 g/mol. The minimum atomic E-state index is -0.0975. The largest absolute Gasteiger partial charge is 0.491 e. The fourth-order valence-corrected chi connectivity index (χ4v) is 2.06.